The van der Waals surface area contributed by atoms with E-state index < -0.39 is 0 Å². The molecule has 0 unspecified atom stereocenters. The fraction of sp³-hybridized carbons (Fsp3) is 0. The summed E-state index contributed by atoms with van der Waals surface area (Å²) in [5.74, 6) is 0. The number of halogens is 1. The lowest BCUT2D eigenvalue weighted by Gasteiger charge is -2.08. The Kier molecular flexibility index (Phi) is 4.01. The fourth-order valence-corrected chi connectivity index (χ4v) is 3.25. The molecule has 0 aliphatic carbocycles. The molecule has 4 rings (SSSR count). The average Bonchev–Trinajstić information content (AvgIpc) is 3.09. The van der Waals surface area contributed by atoms with Gasteiger partial charge in [0, 0.05) is 15.6 Å². The van der Waals surface area contributed by atoms with Gasteiger partial charge >= 0.3 is 0 Å². The summed E-state index contributed by atoms with van der Waals surface area (Å²) in [5, 5.41) is 4.86. The van der Waals surface area contributed by atoms with E-state index in [4.69, 9.17) is 5.10 Å². The summed E-state index contributed by atoms with van der Waals surface area (Å²) in [6, 6.07) is 30.9. The number of aromatic nitrogens is 2. The van der Waals surface area contributed by atoms with Crippen molar-refractivity contribution in [3.63, 3.8) is 0 Å². The van der Waals surface area contributed by atoms with Gasteiger partial charge in [-0.2, -0.15) is 5.10 Å². The van der Waals surface area contributed by atoms with Crippen molar-refractivity contribution in [2.45, 2.75) is 0 Å². The van der Waals surface area contributed by atoms with E-state index >= 15 is 0 Å². The minimum atomic E-state index is 0.963. The topological polar surface area (TPSA) is 17.8 Å². The second kappa shape index (κ2) is 6.46. The van der Waals surface area contributed by atoms with Crippen LogP contribution < -0.4 is 0 Å². The molecule has 0 fully saturated rings. The van der Waals surface area contributed by atoms with E-state index in [2.05, 4.69) is 58.4 Å². The van der Waals surface area contributed by atoms with Gasteiger partial charge in [0.25, 0.3) is 0 Å². The highest BCUT2D eigenvalue weighted by atomic mass is 79.9. The van der Waals surface area contributed by atoms with Gasteiger partial charge in [0.1, 0.15) is 0 Å². The second-order valence-corrected chi connectivity index (χ2v) is 6.36. The normalized spacial score (nSPS) is 10.7. The van der Waals surface area contributed by atoms with Gasteiger partial charge < -0.3 is 0 Å². The molecular formula is C21H15BrN2. The first kappa shape index (κ1) is 14.9. The van der Waals surface area contributed by atoms with Crippen LogP contribution in [-0.4, -0.2) is 9.78 Å². The van der Waals surface area contributed by atoms with Gasteiger partial charge in [-0.25, -0.2) is 4.68 Å². The maximum absolute atomic E-state index is 4.86. The van der Waals surface area contributed by atoms with Gasteiger partial charge in [0.2, 0.25) is 0 Å². The quantitative estimate of drug-likeness (QED) is 0.431. The standard InChI is InChI=1S/C21H15BrN2/c22-19-14-8-7-13-18(19)21-15-20(16-9-3-1-4-10-16)23-24(21)17-11-5-2-6-12-17/h1-15H. The van der Waals surface area contributed by atoms with Crippen LogP contribution in [0, 0.1) is 0 Å². The van der Waals surface area contributed by atoms with E-state index in [0.717, 1.165) is 32.7 Å². The predicted octanol–water partition coefficient (Wildman–Crippen LogP) is 5.97. The average molecular weight is 375 g/mol. The molecule has 0 atom stereocenters. The molecule has 1 aromatic heterocycles. The fourth-order valence-electron chi connectivity index (χ4n) is 2.76. The van der Waals surface area contributed by atoms with E-state index in [9.17, 15) is 0 Å². The molecule has 2 nitrogen and oxygen atoms in total. The summed E-state index contributed by atoms with van der Waals surface area (Å²) in [5.41, 5.74) is 5.31. The first-order valence-electron chi connectivity index (χ1n) is 7.79. The van der Waals surface area contributed by atoms with Crippen molar-refractivity contribution in [3.8, 4) is 28.2 Å². The van der Waals surface area contributed by atoms with Gasteiger partial charge in [0.05, 0.1) is 17.1 Å². The lowest BCUT2D eigenvalue weighted by molar-refractivity contribution is 0.891. The molecular weight excluding hydrogens is 360 g/mol. The molecule has 4 aromatic rings. The number of rotatable bonds is 3. The Balaban J connectivity index is 1.94. The minimum absolute atomic E-state index is 0.963. The third-order valence-electron chi connectivity index (χ3n) is 3.93. The molecule has 0 bridgehead atoms. The maximum atomic E-state index is 4.86. The van der Waals surface area contributed by atoms with Crippen LogP contribution in [0.25, 0.3) is 28.2 Å². The molecule has 0 aliphatic heterocycles. The number of nitrogens with zero attached hydrogens (tertiary/aromatic N) is 2. The zero-order valence-corrected chi connectivity index (χ0v) is 14.5. The summed E-state index contributed by atoms with van der Waals surface area (Å²) in [6.07, 6.45) is 0. The maximum Gasteiger partial charge on any atom is 0.0934 e. The number of para-hydroxylation sites is 1. The van der Waals surface area contributed by atoms with Crippen LogP contribution in [0.15, 0.2) is 95.5 Å². The van der Waals surface area contributed by atoms with E-state index in [-0.39, 0.29) is 0 Å². The molecule has 0 saturated carbocycles. The monoisotopic (exact) mass is 374 g/mol. The lowest BCUT2D eigenvalue weighted by Crippen LogP contribution is -1.99. The van der Waals surface area contributed by atoms with Gasteiger partial charge in [-0.3, -0.25) is 0 Å². The third kappa shape index (κ3) is 2.79. The van der Waals surface area contributed by atoms with Crippen molar-refractivity contribution in [1.29, 1.82) is 0 Å². The highest BCUT2D eigenvalue weighted by molar-refractivity contribution is 9.10. The number of hydrogen-bond donors (Lipinski definition) is 0. The first-order valence-corrected chi connectivity index (χ1v) is 8.58. The molecule has 1 heterocycles. The predicted molar refractivity (Wildman–Crippen MR) is 102 cm³/mol. The molecule has 3 aromatic carbocycles. The zero-order chi connectivity index (χ0) is 16.4. The highest BCUT2D eigenvalue weighted by Gasteiger charge is 2.14. The molecule has 0 aliphatic rings. The molecule has 116 valence electrons. The Hall–Kier alpha value is -2.65. The Morgan fingerprint density at radius 3 is 2.04 bits per heavy atom. The van der Waals surface area contributed by atoms with Gasteiger partial charge in [-0.1, -0.05) is 82.7 Å². The third-order valence-corrected chi connectivity index (χ3v) is 4.62. The molecule has 0 radical (unpaired) electrons. The van der Waals surface area contributed by atoms with Crippen molar-refractivity contribution < 1.29 is 0 Å². The molecule has 0 spiro atoms. The summed E-state index contributed by atoms with van der Waals surface area (Å²) < 4.78 is 3.06. The first-order chi connectivity index (χ1) is 11.8. The SMILES string of the molecule is Brc1ccccc1-c1cc(-c2ccccc2)nn1-c1ccccc1. The van der Waals surface area contributed by atoms with Crippen molar-refractivity contribution in [1.82, 2.24) is 9.78 Å². The van der Waals surface area contributed by atoms with Crippen LogP contribution >= 0.6 is 15.9 Å². The molecule has 0 N–H and O–H groups in total. The molecule has 0 saturated heterocycles. The van der Waals surface area contributed by atoms with Gasteiger partial charge in [-0.05, 0) is 24.3 Å². The minimum Gasteiger partial charge on any atom is -0.232 e. The highest BCUT2D eigenvalue weighted by Crippen LogP contribution is 2.32. The molecule has 24 heavy (non-hydrogen) atoms. The van der Waals surface area contributed by atoms with Gasteiger partial charge in [0.15, 0.2) is 0 Å². The van der Waals surface area contributed by atoms with E-state index in [1.54, 1.807) is 0 Å². The summed E-state index contributed by atoms with van der Waals surface area (Å²) in [7, 11) is 0. The Labute approximate surface area is 149 Å². The van der Waals surface area contributed by atoms with Crippen molar-refractivity contribution in [2.75, 3.05) is 0 Å². The zero-order valence-electron chi connectivity index (χ0n) is 12.9. The summed E-state index contributed by atoms with van der Waals surface area (Å²) in [4.78, 5) is 0. The Morgan fingerprint density at radius 2 is 1.33 bits per heavy atom. The van der Waals surface area contributed by atoms with Crippen LogP contribution in [0.1, 0.15) is 0 Å². The van der Waals surface area contributed by atoms with Crippen molar-refractivity contribution in [2.24, 2.45) is 0 Å². The van der Waals surface area contributed by atoms with E-state index in [0.29, 0.717) is 0 Å². The van der Waals surface area contributed by atoms with Crippen molar-refractivity contribution >= 4 is 15.9 Å². The van der Waals surface area contributed by atoms with Crippen molar-refractivity contribution in [3.05, 3.63) is 95.5 Å². The smallest absolute Gasteiger partial charge is 0.0934 e. The van der Waals surface area contributed by atoms with Crippen LogP contribution in [0.2, 0.25) is 0 Å². The second-order valence-electron chi connectivity index (χ2n) is 5.51. The molecule has 3 heteroatoms. The number of hydrogen-bond acceptors (Lipinski definition) is 1. The largest absolute Gasteiger partial charge is 0.232 e. The van der Waals surface area contributed by atoms with Crippen LogP contribution in [0.3, 0.4) is 0 Å². The molecule has 0 amide bonds. The Bertz CT molecular complexity index is 960. The van der Waals surface area contributed by atoms with Crippen LogP contribution in [0.4, 0.5) is 0 Å². The number of benzene rings is 3. The summed E-state index contributed by atoms with van der Waals surface area (Å²) in [6.45, 7) is 0. The van der Waals surface area contributed by atoms with Crippen LogP contribution in [0.5, 0.6) is 0 Å². The Morgan fingerprint density at radius 1 is 0.708 bits per heavy atom. The van der Waals surface area contributed by atoms with Gasteiger partial charge in [-0.15, -0.1) is 0 Å². The van der Waals surface area contributed by atoms with E-state index in [1.807, 2.05) is 53.2 Å². The van der Waals surface area contributed by atoms with Crippen LogP contribution in [-0.2, 0) is 0 Å². The van der Waals surface area contributed by atoms with E-state index in [1.165, 1.54) is 0 Å². The summed E-state index contributed by atoms with van der Waals surface area (Å²) >= 11 is 3.66. The lowest BCUT2D eigenvalue weighted by atomic mass is 10.1.